The first kappa shape index (κ1) is 20.1. The summed E-state index contributed by atoms with van der Waals surface area (Å²) in [5.74, 6) is 3.36. The van der Waals surface area contributed by atoms with Crippen LogP contribution in [0.3, 0.4) is 0 Å². The Bertz CT molecular complexity index is 422. The number of nitrogens with zero attached hydrogens (tertiary/aromatic N) is 1. The molecular formula is C23H44NP. The predicted octanol–water partition coefficient (Wildman–Crippen LogP) is 6.60. The van der Waals surface area contributed by atoms with Crippen molar-refractivity contribution in [1.82, 2.24) is 4.90 Å². The Balaban J connectivity index is 1.43. The average molecular weight is 366 g/mol. The van der Waals surface area contributed by atoms with Crippen molar-refractivity contribution in [3.05, 3.63) is 0 Å². The highest BCUT2D eigenvalue weighted by molar-refractivity contribution is 7.57. The molecule has 0 aromatic rings. The van der Waals surface area contributed by atoms with Crippen LogP contribution in [-0.4, -0.2) is 43.5 Å². The normalized spacial score (nSPS) is 37.9. The van der Waals surface area contributed by atoms with Crippen molar-refractivity contribution in [2.45, 2.75) is 96.2 Å². The molecule has 0 aromatic heterocycles. The third kappa shape index (κ3) is 4.13. The summed E-state index contributed by atoms with van der Waals surface area (Å²) in [4.78, 5) is 2.51. The van der Waals surface area contributed by atoms with E-state index >= 15 is 0 Å². The molecule has 0 bridgehead atoms. The fraction of sp³-hybridized carbons (Fsp3) is 1.00. The van der Waals surface area contributed by atoms with E-state index < -0.39 is 0 Å². The lowest BCUT2D eigenvalue weighted by atomic mass is 9.47. The van der Waals surface area contributed by atoms with Crippen LogP contribution in [0.2, 0.25) is 0 Å². The van der Waals surface area contributed by atoms with Crippen LogP contribution in [0.5, 0.6) is 0 Å². The van der Waals surface area contributed by atoms with Crippen molar-refractivity contribution >= 4 is 7.92 Å². The largest absolute Gasteiger partial charge is 0.306 e. The van der Waals surface area contributed by atoms with E-state index in [9.17, 15) is 0 Å². The Morgan fingerprint density at radius 2 is 1.92 bits per heavy atom. The molecule has 1 spiro atoms. The summed E-state index contributed by atoms with van der Waals surface area (Å²) >= 11 is 0. The summed E-state index contributed by atoms with van der Waals surface area (Å²) < 4.78 is 0. The molecule has 0 aromatic carbocycles. The van der Waals surface area contributed by atoms with E-state index in [-0.39, 0.29) is 7.92 Å². The van der Waals surface area contributed by atoms with E-state index in [0.29, 0.717) is 0 Å². The Kier molecular flexibility index (Phi) is 6.93. The van der Waals surface area contributed by atoms with Crippen molar-refractivity contribution in [3.8, 4) is 0 Å². The zero-order valence-corrected chi connectivity index (χ0v) is 18.7. The lowest BCUT2D eigenvalue weighted by Gasteiger charge is -2.58. The molecule has 25 heavy (non-hydrogen) atoms. The molecule has 3 rings (SSSR count). The summed E-state index contributed by atoms with van der Waals surface area (Å²) in [6, 6.07) is 0.802. The smallest absolute Gasteiger partial charge is 0.0154 e. The summed E-state index contributed by atoms with van der Waals surface area (Å²) in [5.41, 5.74) is 1.77. The van der Waals surface area contributed by atoms with Gasteiger partial charge in [-0.2, -0.15) is 0 Å². The van der Waals surface area contributed by atoms with Gasteiger partial charge in [0.2, 0.25) is 0 Å². The van der Waals surface area contributed by atoms with Gasteiger partial charge in [-0.15, -0.1) is 7.92 Å². The molecule has 0 N–H and O–H groups in total. The maximum absolute atomic E-state index is 2.60. The fourth-order valence-corrected chi connectivity index (χ4v) is 9.01. The van der Waals surface area contributed by atoms with Crippen LogP contribution in [0.4, 0.5) is 0 Å². The molecule has 0 heterocycles. The molecule has 1 nitrogen and oxygen atoms in total. The van der Waals surface area contributed by atoms with Crippen LogP contribution < -0.4 is 0 Å². The van der Waals surface area contributed by atoms with Crippen molar-refractivity contribution in [1.29, 1.82) is 0 Å². The first-order valence-electron chi connectivity index (χ1n) is 11.3. The van der Waals surface area contributed by atoms with Crippen LogP contribution in [0.15, 0.2) is 0 Å². The van der Waals surface area contributed by atoms with Gasteiger partial charge < -0.3 is 4.90 Å². The highest BCUT2D eigenvalue weighted by Gasteiger charge is 2.58. The van der Waals surface area contributed by atoms with E-state index in [0.717, 1.165) is 34.9 Å². The first-order valence-corrected chi connectivity index (χ1v) is 13.4. The minimum Gasteiger partial charge on any atom is -0.306 e. The zero-order chi connectivity index (χ0) is 18.0. The van der Waals surface area contributed by atoms with Crippen LogP contribution >= 0.6 is 7.92 Å². The minimum absolute atomic E-state index is 0.183. The minimum atomic E-state index is 0.183. The van der Waals surface area contributed by atoms with Gasteiger partial charge in [-0.05, 0) is 107 Å². The van der Waals surface area contributed by atoms with Crippen molar-refractivity contribution in [2.75, 3.05) is 26.9 Å². The zero-order valence-electron chi connectivity index (χ0n) is 17.8. The molecule has 0 aliphatic heterocycles. The van der Waals surface area contributed by atoms with E-state index in [1.54, 1.807) is 44.9 Å². The van der Waals surface area contributed by atoms with Gasteiger partial charge in [0.05, 0.1) is 0 Å². The topological polar surface area (TPSA) is 3.24 Å². The Labute approximate surface area is 159 Å². The molecule has 0 amide bonds. The van der Waals surface area contributed by atoms with Gasteiger partial charge in [0.25, 0.3) is 0 Å². The van der Waals surface area contributed by atoms with E-state index in [2.05, 4.69) is 39.5 Å². The molecule has 2 heteroatoms. The maximum Gasteiger partial charge on any atom is 0.0154 e. The van der Waals surface area contributed by atoms with Crippen LogP contribution in [0.1, 0.15) is 84.5 Å². The fourth-order valence-electron chi connectivity index (χ4n) is 6.82. The molecule has 0 saturated heterocycles. The highest BCUT2D eigenvalue weighted by atomic mass is 31.1. The quantitative estimate of drug-likeness (QED) is 0.416. The summed E-state index contributed by atoms with van der Waals surface area (Å²) in [5, 5.41) is 0. The molecule has 3 saturated carbocycles. The van der Waals surface area contributed by atoms with E-state index in [1.165, 1.54) is 31.8 Å². The molecule has 3 aliphatic carbocycles. The molecule has 146 valence electrons. The van der Waals surface area contributed by atoms with Gasteiger partial charge in [-0.3, -0.25) is 0 Å². The summed E-state index contributed by atoms with van der Waals surface area (Å²) in [6.45, 7) is 7.48. The Hall–Kier alpha value is 0.390. The van der Waals surface area contributed by atoms with Gasteiger partial charge in [-0.1, -0.05) is 33.1 Å². The third-order valence-electron chi connectivity index (χ3n) is 8.68. The monoisotopic (exact) mass is 365 g/mol. The maximum atomic E-state index is 2.60. The molecule has 7 atom stereocenters. The van der Waals surface area contributed by atoms with Crippen LogP contribution in [0, 0.1) is 23.2 Å². The number of hydrogen-bond acceptors (Lipinski definition) is 1. The van der Waals surface area contributed by atoms with Gasteiger partial charge in [0.15, 0.2) is 0 Å². The van der Waals surface area contributed by atoms with E-state index in [4.69, 9.17) is 0 Å². The second-order valence-electron chi connectivity index (χ2n) is 10.1. The molecule has 0 radical (unpaired) electrons. The number of hydrogen-bond donors (Lipinski definition) is 0. The van der Waals surface area contributed by atoms with Crippen molar-refractivity contribution < 1.29 is 0 Å². The standard InChI is InChI=1S/C23H44NP/c1-6-7-10-22(24(3)4)18(2)25(5)15-12-19-11-14-23-13-8-9-20(23)17-21(23)16-19/h18-22H,6-17H2,1-5H3/t18?,19?,20?,21?,22?,23-,25?/m1/s1. The van der Waals surface area contributed by atoms with E-state index in [1.807, 2.05) is 0 Å². The van der Waals surface area contributed by atoms with Gasteiger partial charge in [-0.25, -0.2) is 0 Å². The average Bonchev–Trinajstić information content (AvgIpc) is 2.87. The van der Waals surface area contributed by atoms with Gasteiger partial charge >= 0.3 is 0 Å². The number of unbranched alkanes of at least 4 members (excludes halogenated alkanes) is 1. The molecule has 3 aliphatic rings. The summed E-state index contributed by atoms with van der Waals surface area (Å²) in [7, 11) is 4.78. The lowest BCUT2D eigenvalue weighted by Crippen LogP contribution is -2.49. The SMILES string of the molecule is CCCCC(C(C)P(C)CCC1CC[C@]23CCCC2CC3C1)N(C)C. The molecule has 3 fully saturated rings. The lowest BCUT2D eigenvalue weighted by molar-refractivity contribution is -0.0796. The van der Waals surface area contributed by atoms with Gasteiger partial charge in [0, 0.05) is 6.04 Å². The Morgan fingerprint density at radius 3 is 2.56 bits per heavy atom. The third-order valence-corrected chi connectivity index (χ3v) is 11.4. The Morgan fingerprint density at radius 1 is 1.12 bits per heavy atom. The second kappa shape index (κ2) is 8.60. The first-order chi connectivity index (χ1) is 12.0. The second-order valence-corrected chi connectivity index (χ2v) is 12.9. The summed E-state index contributed by atoms with van der Waals surface area (Å²) in [6.07, 6.45) is 18.3. The van der Waals surface area contributed by atoms with Crippen LogP contribution in [0.25, 0.3) is 0 Å². The molecule has 6 unspecified atom stereocenters. The van der Waals surface area contributed by atoms with Crippen molar-refractivity contribution in [3.63, 3.8) is 0 Å². The number of rotatable bonds is 9. The predicted molar refractivity (Wildman–Crippen MR) is 114 cm³/mol. The van der Waals surface area contributed by atoms with Crippen molar-refractivity contribution in [2.24, 2.45) is 23.2 Å². The van der Waals surface area contributed by atoms with Crippen LogP contribution in [-0.2, 0) is 0 Å². The van der Waals surface area contributed by atoms with Gasteiger partial charge in [0.1, 0.15) is 0 Å². The molecular weight excluding hydrogens is 321 g/mol. The highest BCUT2D eigenvalue weighted by Crippen LogP contribution is 2.68.